The smallest absolute Gasteiger partial charge is 0.262 e. The van der Waals surface area contributed by atoms with Crippen molar-refractivity contribution in [2.45, 2.75) is 146 Å². The summed E-state index contributed by atoms with van der Waals surface area (Å²) in [6.45, 7) is 31.1. The second kappa shape index (κ2) is 14.9. The van der Waals surface area contributed by atoms with Crippen LogP contribution in [0.4, 0.5) is 0 Å². The van der Waals surface area contributed by atoms with E-state index in [-0.39, 0.29) is 39.9 Å². The van der Waals surface area contributed by atoms with E-state index in [0.717, 1.165) is 15.9 Å². The Morgan fingerprint density at radius 3 is 1.67 bits per heavy atom. The molecule has 298 valence electrons. The van der Waals surface area contributed by atoms with E-state index in [1.165, 1.54) is 0 Å². The molecular weight excluding hydrogens is 725 g/mol. The highest BCUT2D eigenvalue weighted by Crippen LogP contribution is 2.69. The summed E-state index contributed by atoms with van der Waals surface area (Å²) in [6.07, 6.45) is -1.97. The van der Waals surface area contributed by atoms with Crippen molar-refractivity contribution in [1.29, 1.82) is 0 Å². The number of methoxy groups -OCH3 is 1. The first-order valence-corrected chi connectivity index (χ1v) is 26.8. The van der Waals surface area contributed by atoms with E-state index >= 15 is 0 Å². The van der Waals surface area contributed by atoms with Crippen molar-refractivity contribution in [3.05, 3.63) is 83.9 Å². The molecule has 0 spiro atoms. The maximum atomic E-state index is 12.9. The number of epoxide rings is 1. The lowest BCUT2D eigenvalue weighted by Crippen LogP contribution is -2.68. The SMILES string of the molecule is COc1cc(O[Si](C(C)C)(C(C)C)C(C)C)c2c(c1)[C@@H](O[Si](c1ccccc1)(c1ccccc1)C(C)(C)C)[C@]1(CO)O[C@]1(CO[Si](C)(C)C(C)(C)C)[C@@H]2O. The summed E-state index contributed by atoms with van der Waals surface area (Å²) in [4.78, 5) is 0. The van der Waals surface area contributed by atoms with Crippen LogP contribution in [0, 0.1) is 0 Å². The van der Waals surface area contributed by atoms with Gasteiger partial charge in [-0.05, 0) is 61.8 Å². The van der Waals surface area contributed by atoms with Crippen molar-refractivity contribution < 1.29 is 33.0 Å². The van der Waals surface area contributed by atoms with Crippen LogP contribution in [-0.2, 0) is 13.6 Å². The molecule has 1 fully saturated rings. The van der Waals surface area contributed by atoms with E-state index < -0.39 is 48.4 Å². The van der Waals surface area contributed by atoms with E-state index in [4.69, 9.17) is 22.8 Å². The molecule has 4 atom stereocenters. The highest BCUT2D eigenvalue weighted by Gasteiger charge is 2.81. The molecule has 3 aromatic rings. The lowest BCUT2D eigenvalue weighted by molar-refractivity contribution is 0.0164. The summed E-state index contributed by atoms with van der Waals surface area (Å²) in [7, 11) is -6.48. The van der Waals surface area contributed by atoms with Crippen LogP contribution in [0.2, 0.25) is 39.8 Å². The number of ether oxygens (including phenoxy) is 2. The summed E-state index contributed by atoms with van der Waals surface area (Å²) >= 11 is 0. The highest BCUT2D eigenvalue weighted by molar-refractivity contribution is 6.99. The topological polar surface area (TPSA) is 89.9 Å². The Morgan fingerprint density at radius 2 is 1.26 bits per heavy atom. The molecule has 1 heterocycles. The second-order valence-electron chi connectivity index (χ2n) is 19.2. The van der Waals surface area contributed by atoms with Crippen LogP contribution in [0.1, 0.15) is 106 Å². The molecule has 0 amide bonds. The van der Waals surface area contributed by atoms with Crippen molar-refractivity contribution in [2.24, 2.45) is 0 Å². The standard InChI is InChI=1S/C44H68O7Si3/c1-30(2)53(31(3)4,32(5)6)49-37-27-33(47-13)26-36-38(37)39(46)44(29-48-52(14,15)41(7,8)9)43(28-45,51-44)40(36)50-54(42(10,11)12,34-22-18-16-19-23-34)35-24-20-17-21-25-35/h16-27,30-32,39-40,45-46H,28-29H2,1-15H3/t39-,40-,43+,44-/m1/s1. The van der Waals surface area contributed by atoms with Crippen LogP contribution in [0.5, 0.6) is 11.5 Å². The fourth-order valence-electron chi connectivity index (χ4n) is 9.23. The number of hydrogen-bond donors (Lipinski definition) is 2. The second-order valence-corrected chi connectivity index (χ2v) is 33.6. The average Bonchev–Trinajstić information content (AvgIpc) is 3.79. The number of rotatable bonds is 14. The zero-order chi connectivity index (χ0) is 40.3. The van der Waals surface area contributed by atoms with Gasteiger partial charge in [-0.2, -0.15) is 0 Å². The predicted molar refractivity (Wildman–Crippen MR) is 228 cm³/mol. The fourth-order valence-corrected chi connectivity index (χ4v) is 20.2. The van der Waals surface area contributed by atoms with Crippen molar-refractivity contribution in [3.63, 3.8) is 0 Å². The molecule has 5 rings (SSSR count). The summed E-state index contributed by atoms with van der Waals surface area (Å²) in [5.74, 6) is 1.20. The molecule has 7 nitrogen and oxygen atoms in total. The third-order valence-corrected chi connectivity index (χ3v) is 28.7. The van der Waals surface area contributed by atoms with Gasteiger partial charge in [0.15, 0.2) is 19.5 Å². The zero-order valence-electron chi connectivity index (χ0n) is 35.7. The lowest BCUT2D eigenvalue weighted by Gasteiger charge is -2.49. The van der Waals surface area contributed by atoms with Gasteiger partial charge in [0.2, 0.25) is 0 Å². The molecule has 1 aliphatic heterocycles. The maximum absolute atomic E-state index is 12.9. The van der Waals surface area contributed by atoms with E-state index in [1.807, 2.05) is 24.3 Å². The fraction of sp³-hybridized carbons (Fsp3) is 0.591. The van der Waals surface area contributed by atoms with Gasteiger partial charge in [-0.1, -0.05) is 144 Å². The Balaban J connectivity index is 1.86. The van der Waals surface area contributed by atoms with E-state index in [9.17, 15) is 10.2 Å². The van der Waals surface area contributed by atoms with Crippen LogP contribution < -0.4 is 19.5 Å². The Kier molecular flexibility index (Phi) is 11.8. The molecule has 2 N–H and O–H groups in total. The number of benzene rings is 3. The van der Waals surface area contributed by atoms with Gasteiger partial charge >= 0.3 is 0 Å². The van der Waals surface area contributed by atoms with Gasteiger partial charge in [0.05, 0.1) is 20.3 Å². The molecule has 10 heteroatoms. The largest absolute Gasteiger partial charge is 0.542 e. The molecule has 2 aliphatic rings. The van der Waals surface area contributed by atoms with Gasteiger partial charge in [0, 0.05) is 11.6 Å². The van der Waals surface area contributed by atoms with Crippen LogP contribution in [0.25, 0.3) is 0 Å². The van der Waals surface area contributed by atoms with Crippen molar-refractivity contribution in [2.75, 3.05) is 20.3 Å². The predicted octanol–water partition coefficient (Wildman–Crippen LogP) is 9.44. The minimum Gasteiger partial charge on any atom is -0.542 e. The van der Waals surface area contributed by atoms with E-state index in [2.05, 4.69) is 145 Å². The Bertz CT molecular complexity index is 1690. The van der Waals surface area contributed by atoms with Crippen LogP contribution in [0.3, 0.4) is 0 Å². The normalized spacial score (nSPS) is 23.4. The molecule has 1 aliphatic carbocycles. The Hall–Kier alpha value is -2.29. The molecule has 0 aromatic heterocycles. The van der Waals surface area contributed by atoms with Crippen molar-refractivity contribution in [3.8, 4) is 11.5 Å². The van der Waals surface area contributed by atoms with Crippen molar-refractivity contribution in [1.82, 2.24) is 0 Å². The lowest BCUT2D eigenvalue weighted by atomic mass is 9.72. The summed E-state index contributed by atoms with van der Waals surface area (Å²) < 4.78 is 35.4. The first-order valence-electron chi connectivity index (χ1n) is 19.9. The first kappa shape index (κ1) is 42.8. The van der Waals surface area contributed by atoms with Gasteiger partial charge in [-0.25, -0.2) is 0 Å². The van der Waals surface area contributed by atoms with Gasteiger partial charge in [0.1, 0.15) is 23.7 Å². The summed E-state index contributed by atoms with van der Waals surface area (Å²) in [6, 6.07) is 25.0. The summed E-state index contributed by atoms with van der Waals surface area (Å²) in [5, 5.41) is 26.4. The van der Waals surface area contributed by atoms with E-state index in [1.54, 1.807) is 7.11 Å². The molecule has 3 aromatic carbocycles. The number of aliphatic hydroxyl groups excluding tert-OH is 2. The van der Waals surface area contributed by atoms with Gasteiger partial charge in [0.25, 0.3) is 16.6 Å². The molecule has 0 radical (unpaired) electrons. The monoisotopic (exact) mass is 792 g/mol. The summed E-state index contributed by atoms with van der Waals surface area (Å²) in [5.41, 5.74) is -0.376. The molecule has 0 bridgehead atoms. The molecule has 0 unspecified atom stereocenters. The first-order chi connectivity index (χ1) is 25.0. The third-order valence-electron chi connectivity index (χ3n) is 13.2. The molecule has 54 heavy (non-hydrogen) atoms. The zero-order valence-corrected chi connectivity index (χ0v) is 38.7. The molecule has 0 saturated carbocycles. The highest BCUT2D eigenvalue weighted by atomic mass is 28.4. The average molecular weight is 793 g/mol. The van der Waals surface area contributed by atoms with Gasteiger partial charge in [-0.3, -0.25) is 0 Å². The van der Waals surface area contributed by atoms with E-state index in [0.29, 0.717) is 17.1 Å². The number of aliphatic hydroxyl groups is 2. The molecular formula is C44H68O7Si3. The number of fused-ring (bicyclic) bond motifs is 2. The van der Waals surface area contributed by atoms with Crippen LogP contribution in [-0.4, -0.2) is 66.7 Å². The van der Waals surface area contributed by atoms with Gasteiger partial charge in [-0.15, -0.1) is 0 Å². The van der Waals surface area contributed by atoms with Crippen molar-refractivity contribution >= 4 is 35.3 Å². The Morgan fingerprint density at radius 1 is 0.759 bits per heavy atom. The minimum absolute atomic E-state index is 0.0820. The van der Waals surface area contributed by atoms with Crippen LogP contribution in [0.15, 0.2) is 72.8 Å². The quantitative estimate of drug-likeness (QED) is 0.124. The van der Waals surface area contributed by atoms with Crippen LogP contribution >= 0.6 is 0 Å². The maximum Gasteiger partial charge on any atom is 0.262 e. The number of hydrogen-bond acceptors (Lipinski definition) is 7. The Labute approximate surface area is 329 Å². The molecule has 1 saturated heterocycles. The minimum atomic E-state index is -3.25. The van der Waals surface area contributed by atoms with Gasteiger partial charge < -0.3 is 33.0 Å². The third kappa shape index (κ3) is 6.70.